The molecule has 0 amide bonds. The van der Waals surface area contributed by atoms with Crippen LogP contribution >= 0.6 is 23.2 Å². The molecule has 0 bridgehead atoms. The van der Waals surface area contributed by atoms with E-state index in [1.165, 1.54) is 12.1 Å². The summed E-state index contributed by atoms with van der Waals surface area (Å²) in [6, 6.07) is 3.16. The lowest BCUT2D eigenvalue weighted by atomic mass is 10.1. The van der Waals surface area contributed by atoms with E-state index in [0.29, 0.717) is 21.3 Å². The predicted molar refractivity (Wildman–Crippen MR) is 62.2 cm³/mol. The maximum absolute atomic E-state index is 10.3. The number of anilines is 1. The second kappa shape index (κ2) is 5.05. The van der Waals surface area contributed by atoms with Crippen molar-refractivity contribution >= 4 is 40.9 Å². The van der Waals surface area contributed by atoms with Crippen LogP contribution in [0.25, 0.3) is 6.08 Å². The van der Waals surface area contributed by atoms with Gasteiger partial charge in [0.2, 0.25) is 0 Å². The van der Waals surface area contributed by atoms with Crippen LogP contribution in [-0.4, -0.2) is 11.1 Å². The predicted octanol–water partition coefficient (Wildman–Crippen LogP) is 3.06. The zero-order chi connectivity index (χ0) is 11.4. The molecule has 0 atom stereocenters. The SMILES string of the molecule is Nc1c(Cl)cc(Cl)cc1C=CCC(=O)O. The molecule has 0 aliphatic heterocycles. The number of aliphatic carboxylic acids is 1. The van der Waals surface area contributed by atoms with Crippen molar-refractivity contribution in [2.75, 3.05) is 5.73 Å². The van der Waals surface area contributed by atoms with Crippen LogP contribution in [0.2, 0.25) is 10.0 Å². The molecule has 0 radical (unpaired) electrons. The van der Waals surface area contributed by atoms with Gasteiger partial charge in [0.1, 0.15) is 0 Å². The summed E-state index contributed by atoms with van der Waals surface area (Å²) in [5, 5.41) is 9.26. The highest BCUT2D eigenvalue weighted by atomic mass is 35.5. The minimum absolute atomic E-state index is 0.0659. The monoisotopic (exact) mass is 245 g/mol. The fourth-order valence-corrected chi connectivity index (χ4v) is 1.54. The third-order valence-electron chi connectivity index (χ3n) is 1.72. The Bertz CT molecular complexity index is 416. The number of hydrogen-bond donors (Lipinski definition) is 2. The molecule has 3 nitrogen and oxygen atoms in total. The number of benzene rings is 1. The number of nitrogens with two attached hydrogens (primary N) is 1. The summed E-state index contributed by atoms with van der Waals surface area (Å²) < 4.78 is 0. The largest absolute Gasteiger partial charge is 0.481 e. The number of carbonyl (C=O) groups is 1. The molecule has 80 valence electrons. The third-order valence-corrected chi connectivity index (χ3v) is 2.25. The van der Waals surface area contributed by atoms with Gasteiger partial charge in [0, 0.05) is 10.6 Å². The Balaban J connectivity index is 2.94. The van der Waals surface area contributed by atoms with Gasteiger partial charge in [0.05, 0.1) is 17.1 Å². The molecular weight excluding hydrogens is 237 g/mol. The van der Waals surface area contributed by atoms with E-state index >= 15 is 0 Å². The van der Waals surface area contributed by atoms with Crippen molar-refractivity contribution in [1.29, 1.82) is 0 Å². The lowest BCUT2D eigenvalue weighted by Crippen LogP contribution is -1.92. The van der Waals surface area contributed by atoms with Gasteiger partial charge in [-0.2, -0.15) is 0 Å². The first-order valence-electron chi connectivity index (χ1n) is 4.13. The van der Waals surface area contributed by atoms with E-state index in [4.69, 9.17) is 34.0 Å². The number of rotatable bonds is 3. The van der Waals surface area contributed by atoms with E-state index in [1.54, 1.807) is 12.1 Å². The second-order valence-corrected chi connectivity index (χ2v) is 3.73. The van der Waals surface area contributed by atoms with Gasteiger partial charge in [0.15, 0.2) is 0 Å². The lowest BCUT2D eigenvalue weighted by Gasteiger charge is -2.03. The zero-order valence-corrected chi connectivity index (χ0v) is 9.22. The molecule has 0 fully saturated rings. The number of carboxylic acids is 1. The highest BCUT2D eigenvalue weighted by Gasteiger charge is 2.03. The molecule has 15 heavy (non-hydrogen) atoms. The summed E-state index contributed by atoms with van der Waals surface area (Å²) in [7, 11) is 0. The molecule has 0 aliphatic rings. The number of carboxylic acid groups (broad SMARTS) is 1. The van der Waals surface area contributed by atoms with Crippen molar-refractivity contribution in [3.8, 4) is 0 Å². The summed E-state index contributed by atoms with van der Waals surface area (Å²) in [5.41, 5.74) is 6.69. The molecule has 0 aliphatic carbocycles. The van der Waals surface area contributed by atoms with Crippen LogP contribution in [0.4, 0.5) is 5.69 Å². The van der Waals surface area contributed by atoms with Gasteiger partial charge in [-0.3, -0.25) is 4.79 Å². The summed E-state index contributed by atoms with van der Waals surface area (Å²) in [5.74, 6) is -0.905. The average molecular weight is 246 g/mol. The molecule has 1 aromatic carbocycles. The van der Waals surface area contributed by atoms with Crippen LogP contribution in [-0.2, 0) is 4.79 Å². The molecule has 0 saturated carbocycles. The van der Waals surface area contributed by atoms with Crippen molar-refractivity contribution in [2.45, 2.75) is 6.42 Å². The minimum Gasteiger partial charge on any atom is -0.481 e. The van der Waals surface area contributed by atoms with E-state index in [9.17, 15) is 4.79 Å². The maximum Gasteiger partial charge on any atom is 0.307 e. The Labute approximate surface area is 97.1 Å². The second-order valence-electron chi connectivity index (χ2n) is 2.89. The molecular formula is C10H9Cl2NO2. The fraction of sp³-hybridized carbons (Fsp3) is 0.100. The summed E-state index contributed by atoms with van der Waals surface area (Å²) in [4.78, 5) is 10.3. The first-order valence-corrected chi connectivity index (χ1v) is 4.89. The van der Waals surface area contributed by atoms with Crippen molar-refractivity contribution in [3.05, 3.63) is 33.8 Å². The van der Waals surface area contributed by atoms with Gasteiger partial charge < -0.3 is 10.8 Å². The minimum atomic E-state index is -0.905. The normalized spacial score (nSPS) is 10.8. The molecule has 1 aromatic rings. The van der Waals surface area contributed by atoms with Gasteiger partial charge in [0.25, 0.3) is 0 Å². The van der Waals surface area contributed by atoms with E-state index in [1.807, 2.05) is 0 Å². The van der Waals surface area contributed by atoms with Gasteiger partial charge in [-0.15, -0.1) is 0 Å². The van der Waals surface area contributed by atoms with Gasteiger partial charge >= 0.3 is 5.97 Å². The summed E-state index contributed by atoms with van der Waals surface area (Å²) in [6.07, 6.45) is 3.01. The van der Waals surface area contributed by atoms with Crippen molar-refractivity contribution in [2.24, 2.45) is 0 Å². The maximum atomic E-state index is 10.3. The van der Waals surface area contributed by atoms with Crippen molar-refractivity contribution < 1.29 is 9.90 Å². The molecule has 5 heteroatoms. The first-order chi connectivity index (χ1) is 7.00. The van der Waals surface area contributed by atoms with Gasteiger partial charge in [-0.05, 0) is 12.1 Å². The fourth-order valence-electron chi connectivity index (χ4n) is 1.03. The molecule has 0 heterocycles. The standard InChI is InChI=1S/C10H9Cl2NO2/c11-7-4-6(2-1-3-9(14)15)10(13)8(12)5-7/h1-2,4-5H,3,13H2,(H,14,15). The first kappa shape index (κ1) is 11.9. The Morgan fingerprint density at radius 2 is 2.13 bits per heavy atom. The molecule has 1 rings (SSSR count). The molecule has 3 N–H and O–H groups in total. The van der Waals surface area contributed by atoms with Crippen LogP contribution in [0, 0.1) is 0 Å². The van der Waals surface area contributed by atoms with Crippen LogP contribution in [0.3, 0.4) is 0 Å². The van der Waals surface area contributed by atoms with E-state index < -0.39 is 5.97 Å². The molecule has 0 aromatic heterocycles. The Hall–Kier alpha value is -1.19. The number of halogens is 2. The van der Waals surface area contributed by atoms with Crippen molar-refractivity contribution in [3.63, 3.8) is 0 Å². The van der Waals surface area contributed by atoms with Gasteiger partial charge in [-0.25, -0.2) is 0 Å². The lowest BCUT2D eigenvalue weighted by molar-refractivity contribution is -0.135. The van der Waals surface area contributed by atoms with Gasteiger partial charge in [-0.1, -0.05) is 35.4 Å². The van der Waals surface area contributed by atoms with Crippen LogP contribution < -0.4 is 5.73 Å². The molecule has 0 saturated heterocycles. The summed E-state index contributed by atoms with van der Waals surface area (Å²) in [6.45, 7) is 0. The Kier molecular flexibility index (Phi) is 4.00. The number of hydrogen-bond acceptors (Lipinski definition) is 2. The zero-order valence-electron chi connectivity index (χ0n) is 7.71. The van der Waals surface area contributed by atoms with Crippen LogP contribution in [0.15, 0.2) is 18.2 Å². The Morgan fingerprint density at radius 3 is 2.73 bits per heavy atom. The smallest absolute Gasteiger partial charge is 0.307 e. The topological polar surface area (TPSA) is 63.3 Å². The van der Waals surface area contributed by atoms with Crippen molar-refractivity contribution in [1.82, 2.24) is 0 Å². The third kappa shape index (κ3) is 3.46. The van der Waals surface area contributed by atoms with E-state index in [0.717, 1.165) is 0 Å². The highest BCUT2D eigenvalue weighted by molar-refractivity contribution is 6.36. The molecule has 0 spiro atoms. The number of nitrogen functional groups attached to an aromatic ring is 1. The van der Waals surface area contributed by atoms with E-state index in [-0.39, 0.29) is 6.42 Å². The van der Waals surface area contributed by atoms with Crippen LogP contribution in [0.1, 0.15) is 12.0 Å². The quantitative estimate of drug-likeness (QED) is 0.805. The Morgan fingerprint density at radius 1 is 1.47 bits per heavy atom. The van der Waals surface area contributed by atoms with E-state index in [2.05, 4.69) is 0 Å². The van der Waals surface area contributed by atoms with Crippen LogP contribution in [0.5, 0.6) is 0 Å². The summed E-state index contributed by atoms with van der Waals surface area (Å²) >= 11 is 11.6. The average Bonchev–Trinajstić information content (AvgIpc) is 2.12. The molecule has 0 unspecified atom stereocenters. The highest BCUT2D eigenvalue weighted by Crippen LogP contribution is 2.28.